The molecule has 0 bridgehead atoms. The molecule has 1 aromatic heterocycles. The Bertz CT molecular complexity index is 468. The Morgan fingerprint density at radius 1 is 1.24 bits per heavy atom. The van der Waals surface area contributed by atoms with Gasteiger partial charge >= 0.3 is 0 Å². The molecule has 4 heteroatoms. The molecule has 0 saturated heterocycles. The molecular weight excluding hydrogens is 260 g/mol. The van der Waals surface area contributed by atoms with Crippen LogP contribution in [0.4, 0.5) is 11.6 Å². The van der Waals surface area contributed by atoms with E-state index in [4.69, 9.17) is 9.97 Å². The second kappa shape index (κ2) is 7.10. The summed E-state index contributed by atoms with van der Waals surface area (Å²) in [6, 6.07) is 0.509. The Morgan fingerprint density at radius 2 is 1.95 bits per heavy atom. The van der Waals surface area contributed by atoms with Gasteiger partial charge in [0.15, 0.2) is 0 Å². The highest BCUT2D eigenvalue weighted by Gasteiger charge is 2.29. The SMILES string of the molecule is CCCNc1nc(C2CC2)nc(N(CC)C(C)CC)c1C. The molecule has 21 heavy (non-hydrogen) atoms. The molecular formula is C17H30N4. The Kier molecular flexibility index (Phi) is 5.43. The van der Waals surface area contributed by atoms with Crippen LogP contribution in [-0.4, -0.2) is 29.1 Å². The normalized spacial score (nSPS) is 15.9. The molecule has 1 saturated carbocycles. The van der Waals surface area contributed by atoms with Crippen LogP contribution in [-0.2, 0) is 0 Å². The van der Waals surface area contributed by atoms with Crippen LogP contribution in [0.5, 0.6) is 0 Å². The number of nitrogens with one attached hydrogen (secondary N) is 1. The van der Waals surface area contributed by atoms with Gasteiger partial charge in [0, 0.05) is 30.6 Å². The third kappa shape index (κ3) is 3.66. The fourth-order valence-electron chi connectivity index (χ4n) is 2.63. The fourth-order valence-corrected chi connectivity index (χ4v) is 2.63. The number of aromatic nitrogens is 2. The van der Waals surface area contributed by atoms with Crippen molar-refractivity contribution in [1.82, 2.24) is 9.97 Å². The first-order valence-corrected chi connectivity index (χ1v) is 8.51. The van der Waals surface area contributed by atoms with Gasteiger partial charge in [-0.3, -0.25) is 0 Å². The van der Waals surface area contributed by atoms with Gasteiger partial charge in [-0.15, -0.1) is 0 Å². The van der Waals surface area contributed by atoms with Crippen molar-refractivity contribution in [2.75, 3.05) is 23.3 Å². The van der Waals surface area contributed by atoms with E-state index in [1.54, 1.807) is 0 Å². The predicted molar refractivity (Wildman–Crippen MR) is 90.3 cm³/mol. The van der Waals surface area contributed by atoms with Gasteiger partial charge < -0.3 is 10.2 Å². The van der Waals surface area contributed by atoms with Crippen molar-refractivity contribution in [3.05, 3.63) is 11.4 Å². The second-order valence-corrected chi connectivity index (χ2v) is 6.12. The summed E-state index contributed by atoms with van der Waals surface area (Å²) in [6.07, 6.45) is 4.73. The summed E-state index contributed by atoms with van der Waals surface area (Å²) in [4.78, 5) is 12.1. The Hall–Kier alpha value is -1.32. The highest BCUT2D eigenvalue weighted by atomic mass is 15.2. The van der Waals surface area contributed by atoms with Gasteiger partial charge in [-0.1, -0.05) is 13.8 Å². The standard InChI is InChI=1S/C17H30N4/c1-6-11-18-15-13(5)17(21(8-3)12(4)7-2)20-16(19-15)14-9-10-14/h12,14H,6-11H2,1-5H3,(H,18,19,20). The van der Waals surface area contributed by atoms with E-state index >= 15 is 0 Å². The lowest BCUT2D eigenvalue weighted by Crippen LogP contribution is -2.34. The first-order valence-electron chi connectivity index (χ1n) is 8.51. The molecule has 0 aromatic carbocycles. The van der Waals surface area contributed by atoms with Gasteiger partial charge in [-0.25, -0.2) is 9.97 Å². The smallest absolute Gasteiger partial charge is 0.137 e. The molecule has 0 amide bonds. The average molecular weight is 290 g/mol. The van der Waals surface area contributed by atoms with E-state index in [-0.39, 0.29) is 0 Å². The minimum Gasteiger partial charge on any atom is -0.370 e. The van der Waals surface area contributed by atoms with Gasteiger partial charge in [0.2, 0.25) is 0 Å². The monoisotopic (exact) mass is 290 g/mol. The molecule has 0 radical (unpaired) electrons. The number of hydrogen-bond acceptors (Lipinski definition) is 4. The second-order valence-electron chi connectivity index (χ2n) is 6.12. The minimum atomic E-state index is 0.509. The molecule has 1 aliphatic carbocycles. The van der Waals surface area contributed by atoms with Crippen LogP contribution in [0.2, 0.25) is 0 Å². The zero-order chi connectivity index (χ0) is 15.4. The summed E-state index contributed by atoms with van der Waals surface area (Å²) in [6.45, 7) is 13.0. The van der Waals surface area contributed by atoms with Crippen LogP contribution in [0.15, 0.2) is 0 Å². The minimum absolute atomic E-state index is 0.509. The zero-order valence-electron chi connectivity index (χ0n) is 14.2. The third-order valence-corrected chi connectivity index (χ3v) is 4.36. The van der Waals surface area contributed by atoms with Gasteiger partial charge in [0.1, 0.15) is 17.5 Å². The first kappa shape index (κ1) is 16.1. The summed E-state index contributed by atoms with van der Waals surface area (Å²) in [5, 5.41) is 3.48. The quantitative estimate of drug-likeness (QED) is 0.782. The molecule has 1 aromatic rings. The van der Waals surface area contributed by atoms with Crippen molar-refractivity contribution in [1.29, 1.82) is 0 Å². The third-order valence-electron chi connectivity index (χ3n) is 4.36. The van der Waals surface area contributed by atoms with Crippen molar-refractivity contribution < 1.29 is 0 Å². The van der Waals surface area contributed by atoms with Crippen LogP contribution in [0.3, 0.4) is 0 Å². The van der Waals surface area contributed by atoms with Crippen molar-refractivity contribution in [2.24, 2.45) is 0 Å². The molecule has 1 aliphatic rings. The Morgan fingerprint density at radius 3 is 2.48 bits per heavy atom. The molecule has 1 fully saturated rings. The summed E-state index contributed by atoms with van der Waals surface area (Å²) >= 11 is 0. The van der Waals surface area contributed by atoms with Gasteiger partial charge in [0.25, 0.3) is 0 Å². The van der Waals surface area contributed by atoms with E-state index in [1.165, 1.54) is 18.4 Å². The molecule has 4 nitrogen and oxygen atoms in total. The van der Waals surface area contributed by atoms with E-state index in [0.29, 0.717) is 12.0 Å². The molecule has 1 unspecified atom stereocenters. The summed E-state index contributed by atoms with van der Waals surface area (Å²) in [5.74, 6) is 3.78. The molecule has 1 atom stereocenters. The molecule has 0 spiro atoms. The van der Waals surface area contributed by atoms with Crippen LogP contribution >= 0.6 is 0 Å². The van der Waals surface area contributed by atoms with Crippen LogP contribution in [0, 0.1) is 6.92 Å². The number of nitrogens with zero attached hydrogens (tertiary/aromatic N) is 3. The van der Waals surface area contributed by atoms with E-state index in [9.17, 15) is 0 Å². The molecule has 0 aliphatic heterocycles. The summed E-state index contributed by atoms with van der Waals surface area (Å²) < 4.78 is 0. The maximum absolute atomic E-state index is 4.92. The topological polar surface area (TPSA) is 41.1 Å². The van der Waals surface area contributed by atoms with Gasteiger partial charge in [0.05, 0.1) is 0 Å². The number of hydrogen-bond donors (Lipinski definition) is 1. The number of anilines is 2. The van der Waals surface area contributed by atoms with E-state index in [1.807, 2.05) is 0 Å². The van der Waals surface area contributed by atoms with Crippen molar-refractivity contribution in [2.45, 2.75) is 72.3 Å². The lowest BCUT2D eigenvalue weighted by molar-refractivity contribution is 0.618. The molecule has 1 N–H and O–H groups in total. The highest BCUT2D eigenvalue weighted by Crippen LogP contribution is 2.40. The zero-order valence-corrected chi connectivity index (χ0v) is 14.2. The van der Waals surface area contributed by atoms with E-state index in [2.05, 4.69) is 44.8 Å². The predicted octanol–water partition coefficient (Wildman–Crippen LogP) is 4.11. The Labute approximate surface area is 129 Å². The van der Waals surface area contributed by atoms with Gasteiger partial charge in [-0.05, 0) is 46.5 Å². The van der Waals surface area contributed by atoms with E-state index in [0.717, 1.165) is 43.4 Å². The maximum atomic E-state index is 4.92. The number of rotatable bonds is 8. The fraction of sp³-hybridized carbons (Fsp3) is 0.765. The van der Waals surface area contributed by atoms with Crippen LogP contribution < -0.4 is 10.2 Å². The summed E-state index contributed by atoms with van der Waals surface area (Å²) in [5.41, 5.74) is 1.19. The molecule has 2 rings (SSSR count). The maximum Gasteiger partial charge on any atom is 0.137 e. The van der Waals surface area contributed by atoms with Crippen molar-refractivity contribution in [3.63, 3.8) is 0 Å². The summed E-state index contributed by atoms with van der Waals surface area (Å²) in [7, 11) is 0. The van der Waals surface area contributed by atoms with Gasteiger partial charge in [-0.2, -0.15) is 0 Å². The Balaban J connectivity index is 2.39. The van der Waals surface area contributed by atoms with Crippen LogP contribution in [0.25, 0.3) is 0 Å². The highest BCUT2D eigenvalue weighted by molar-refractivity contribution is 5.59. The lowest BCUT2D eigenvalue weighted by atomic mass is 10.2. The van der Waals surface area contributed by atoms with Crippen molar-refractivity contribution >= 4 is 11.6 Å². The largest absolute Gasteiger partial charge is 0.370 e. The molecule has 1 heterocycles. The lowest BCUT2D eigenvalue weighted by Gasteiger charge is -2.30. The van der Waals surface area contributed by atoms with E-state index < -0.39 is 0 Å². The first-order chi connectivity index (χ1) is 10.1. The average Bonchev–Trinajstić information content (AvgIpc) is 3.32. The van der Waals surface area contributed by atoms with Crippen LogP contribution in [0.1, 0.15) is 70.7 Å². The molecule has 118 valence electrons. The van der Waals surface area contributed by atoms with Crippen molar-refractivity contribution in [3.8, 4) is 0 Å².